The Kier molecular flexibility index (Phi) is 4.51. The average molecular weight is 264 g/mol. The Morgan fingerprint density at radius 3 is 2.95 bits per heavy atom. The van der Waals surface area contributed by atoms with Crippen LogP contribution in [0.4, 0.5) is 5.95 Å². The van der Waals surface area contributed by atoms with Gasteiger partial charge in [-0.25, -0.2) is 4.98 Å². The summed E-state index contributed by atoms with van der Waals surface area (Å²) < 4.78 is 9.05. The Balaban J connectivity index is 1.97. The van der Waals surface area contributed by atoms with Gasteiger partial charge < -0.3 is 19.2 Å². The molecule has 0 aliphatic carbocycles. The fourth-order valence-electron chi connectivity index (χ4n) is 1.88. The van der Waals surface area contributed by atoms with Crippen molar-refractivity contribution in [1.29, 1.82) is 0 Å². The first-order chi connectivity index (χ1) is 9.20. The van der Waals surface area contributed by atoms with Crippen molar-refractivity contribution in [2.75, 3.05) is 25.6 Å². The monoisotopic (exact) mass is 264 g/mol. The predicted molar refractivity (Wildman–Crippen MR) is 72.0 cm³/mol. The third kappa shape index (κ3) is 3.54. The van der Waals surface area contributed by atoms with E-state index in [4.69, 9.17) is 4.74 Å². The second-order valence-corrected chi connectivity index (χ2v) is 4.43. The molecule has 0 unspecified atom stereocenters. The molecule has 0 aliphatic heterocycles. The number of nitrogens with zero attached hydrogens (tertiary/aromatic N) is 5. The molecule has 0 aromatic carbocycles. The Bertz CT molecular complexity index is 518. The van der Waals surface area contributed by atoms with Crippen molar-refractivity contribution in [3.63, 3.8) is 0 Å². The van der Waals surface area contributed by atoms with E-state index >= 15 is 0 Å². The van der Waals surface area contributed by atoms with Gasteiger partial charge in [-0.15, -0.1) is 10.2 Å². The zero-order valence-corrected chi connectivity index (χ0v) is 11.6. The molecule has 0 aliphatic rings. The van der Waals surface area contributed by atoms with E-state index in [2.05, 4.69) is 25.1 Å². The number of nitrogens with one attached hydrogen (secondary N) is 1. The zero-order chi connectivity index (χ0) is 13.7. The Labute approximate surface area is 112 Å². The zero-order valence-electron chi connectivity index (χ0n) is 11.6. The molecule has 0 saturated heterocycles. The van der Waals surface area contributed by atoms with E-state index in [1.807, 2.05) is 24.7 Å². The van der Waals surface area contributed by atoms with Crippen molar-refractivity contribution in [1.82, 2.24) is 24.3 Å². The lowest BCUT2D eigenvalue weighted by Crippen LogP contribution is -2.13. The molecule has 0 saturated carbocycles. The molecule has 0 fully saturated rings. The second-order valence-electron chi connectivity index (χ2n) is 4.43. The quantitative estimate of drug-likeness (QED) is 0.742. The minimum Gasteiger partial charge on any atom is -0.383 e. The smallest absolute Gasteiger partial charge is 0.203 e. The van der Waals surface area contributed by atoms with Crippen molar-refractivity contribution in [3.8, 4) is 0 Å². The number of hydrogen-bond acceptors (Lipinski definition) is 5. The lowest BCUT2D eigenvalue weighted by atomic mass is 10.4. The average Bonchev–Trinajstić information content (AvgIpc) is 2.94. The van der Waals surface area contributed by atoms with E-state index in [0.717, 1.165) is 37.0 Å². The van der Waals surface area contributed by atoms with Crippen LogP contribution in [0.1, 0.15) is 11.5 Å². The minimum atomic E-state index is 0.662. The van der Waals surface area contributed by atoms with Gasteiger partial charge in [0, 0.05) is 39.9 Å². The van der Waals surface area contributed by atoms with Gasteiger partial charge in [-0.3, -0.25) is 0 Å². The predicted octanol–water partition coefficient (Wildman–Crippen LogP) is 0.621. The van der Waals surface area contributed by atoms with Crippen LogP contribution in [0.2, 0.25) is 0 Å². The van der Waals surface area contributed by atoms with E-state index in [9.17, 15) is 0 Å². The van der Waals surface area contributed by atoms with Crippen LogP contribution in [0.25, 0.3) is 0 Å². The molecule has 2 heterocycles. The third-order valence-corrected chi connectivity index (χ3v) is 2.87. The van der Waals surface area contributed by atoms with Crippen molar-refractivity contribution < 1.29 is 4.74 Å². The van der Waals surface area contributed by atoms with Crippen LogP contribution in [0, 0.1) is 6.92 Å². The van der Waals surface area contributed by atoms with Crippen molar-refractivity contribution in [3.05, 3.63) is 24.0 Å². The fourth-order valence-corrected chi connectivity index (χ4v) is 1.88. The number of aryl methyl sites for hydroxylation is 4. The summed E-state index contributed by atoms with van der Waals surface area (Å²) in [5, 5.41) is 11.2. The molecule has 104 valence electrons. The van der Waals surface area contributed by atoms with Gasteiger partial charge in [0.25, 0.3) is 0 Å². The molecule has 7 nitrogen and oxygen atoms in total. The summed E-state index contributed by atoms with van der Waals surface area (Å²) in [7, 11) is 3.64. The number of imidazole rings is 1. The van der Waals surface area contributed by atoms with E-state index in [-0.39, 0.29) is 0 Å². The molecule has 2 aromatic heterocycles. The van der Waals surface area contributed by atoms with Crippen LogP contribution in [0.15, 0.2) is 12.5 Å². The van der Waals surface area contributed by atoms with Gasteiger partial charge in [-0.1, -0.05) is 0 Å². The van der Waals surface area contributed by atoms with Gasteiger partial charge in [0.05, 0.1) is 12.3 Å². The molecule has 0 radical (unpaired) electrons. The largest absolute Gasteiger partial charge is 0.383 e. The molecule has 0 atom stereocenters. The van der Waals surface area contributed by atoms with E-state index in [1.165, 1.54) is 0 Å². The number of hydrogen-bond donors (Lipinski definition) is 1. The minimum absolute atomic E-state index is 0.662. The standard InChI is InChI=1S/C12H20N6O/c1-10-8-18(12(15-10)13-5-7-19-3)6-4-11-16-14-9-17(11)2/h8-9H,4-7H2,1-3H3,(H,13,15). The van der Waals surface area contributed by atoms with Gasteiger partial charge in [0.1, 0.15) is 12.2 Å². The van der Waals surface area contributed by atoms with Crippen LogP contribution in [0.3, 0.4) is 0 Å². The molecular weight excluding hydrogens is 244 g/mol. The second kappa shape index (κ2) is 6.33. The number of anilines is 1. The van der Waals surface area contributed by atoms with Gasteiger partial charge in [0.2, 0.25) is 5.95 Å². The first-order valence-corrected chi connectivity index (χ1v) is 6.30. The highest BCUT2D eigenvalue weighted by Crippen LogP contribution is 2.09. The Morgan fingerprint density at radius 1 is 1.42 bits per heavy atom. The maximum atomic E-state index is 5.02. The van der Waals surface area contributed by atoms with Gasteiger partial charge >= 0.3 is 0 Å². The summed E-state index contributed by atoms with van der Waals surface area (Å²) in [5.41, 5.74) is 0.998. The number of aromatic nitrogens is 5. The topological polar surface area (TPSA) is 69.8 Å². The molecule has 0 spiro atoms. The van der Waals surface area contributed by atoms with Gasteiger partial charge in [0.15, 0.2) is 0 Å². The molecule has 0 bridgehead atoms. The normalized spacial score (nSPS) is 10.9. The van der Waals surface area contributed by atoms with Crippen LogP contribution in [0.5, 0.6) is 0 Å². The summed E-state index contributed by atoms with van der Waals surface area (Å²) in [6, 6.07) is 0. The lowest BCUT2D eigenvalue weighted by molar-refractivity contribution is 0.210. The molecular formula is C12H20N6O. The van der Waals surface area contributed by atoms with E-state index in [1.54, 1.807) is 13.4 Å². The van der Waals surface area contributed by atoms with Crippen LogP contribution >= 0.6 is 0 Å². The lowest BCUT2D eigenvalue weighted by Gasteiger charge is -2.09. The van der Waals surface area contributed by atoms with Crippen molar-refractivity contribution in [2.24, 2.45) is 7.05 Å². The summed E-state index contributed by atoms with van der Waals surface area (Å²) in [4.78, 5) is 4.46. The molecule has 19 heavy (non-hydrogen) atoms. The van der Waals surface area contributed by atoms with Gasteiger partial charge in [-0.2, -0.15) is 0 Å². The summed E-state index contributed by atoms with van der Waals surface area (Å²) >= 11 is 0. The number of ether oxygens (including phenoxy) is 1. The van der Waals surface area contributed by atoms with Crippen LogP contribution in [-0.2, 0) is 24.8 Å². The summed E-state index contributed by atoms with van der Waals surface area (Å²) in [5.74, 6) is 1.84. The van der Waals surface area contributed by atoms with Gasteiger partial charge in [-0.05, 0) is 6.92 Å². The molecule has 1 N–H and O–H groups in total. The molecule has 7 heteroatoms. The van der Waals surface area contributed by atoms with Crippen molar-refractivity contribution in [2.45, 2.75) is 19.9 Å². The SMILES string of the molecule is COCCNc1nc(C)cn1CCc1nncn1C. The number of rotatable bonds is 7. The van der Waals surface area contributed by atoms with E-state index in [0.29, 0.717) is 6.61 Å². The highest BCUT2D eigenvalue weighted by molar-refractivity contribution is 5.28. The Hall–Kier alpha value is -1.89. The van der Waals surface area contributed by atoms with E-state index < -0.39 is 0 Å². The summed E-state index contributed by atoms with van der Waals surface area (Å²) in [6.45, 7) is 4.22. The van der Waals surface area contributed by atoms with Crippen molar-refractivity contribution >= 4 is 5.95 Å². The Morgan fingerprint density at radius 2 is 2.26 bits per heavy atom. The highest BCUT2D eigenvalue weighted by Gasteiger charge is 2.07. The number of methoxy groups -OCH3 is 1. The maximum Gasteiger partial charge on any atom is 0.203 e. The highest BCUT2D eigenvalue weighted by atomic mass is 16.5. The van der Waals surface area contributed by atoms with Crippen LogP contribution in [-0.4, -0.2) is 44.6 Å². The third-order valence-electron chi connectivity index (χ3n) is 2.87. The first kappa shape index (κ1) is 13.5. The first-order valence-electron chi connectivity index (χ1n) is 6.30. The molecule has 0 amide bonds. The fraction of sp³-hybridized carbons (Fsp3) is 0.583. The molecule has 2 rings (SSSR count). The summed E-state index contributed by atoms with van der Waals surface area (Å²) in [6.07, 6.45) is 4.57. The molecule has 2 aromatic rings. The maximum absolute atomic E-state index is 5.02. The van der Waals surface area contributed by atoms with Crippen LogP contribution < -0.4 is 5.32 Å².